The van der Waals surface area contributed by atoms with Gasteiger partial charge in [-0.1, -0.05) is 50.5 Å². The Morgan fingerprint density at radius 1 is 1.12 bits per heavy atom. The van der Waals surface area contributed by atoms with E-state index in [4.69, 9.17) is 5.11 Å². The van der Waals surface area contributed by atoms with Gasteiger partial charge in [-0.25, -0.2) is 0 Å². The van der Waals surface area contributed by atoms with E-state index in [-0.39, 0.29) is 18.3 Å². The summed E-state index contributed by atoms with van der Waals surface area (Å²) >= 11 is 0. The van der Waals surface area contributed by atoms with Crippen molar-refractivity contribution < 1.29 is 25.2 Å². The van der Waals surface area contributed by atoms with Gasteiger partial charge < -0.3 is 20.4 Å². The number of aliphatic hydroxyl groups is 3. The maximum absolute atomic E-state index is 10.5. The zero-order valence-electron chi connectivity index (χ0n) is 16.0. The van der Waals surface area contributed by atoms with Crippen molar-refractivity contribution in [2.45, 2.75) is 89.4 Å². The minimum Gasteiger partial charge on any atom is -0.481 e. The molecule has 1 fully saturated rings. The van der Waals surface area contributed by atoms with Gasteiger partial charge in [0.05, 0.1) is 18.3 Å². The van der Waals surface area contributed by atoms with Crippen LogP contribution in [0, 0.1) is 11.8 Å². The monoisotopic (exact) mass is 368 g/mol. The predicted molar refractivity (Wildman–Crippen MR) is 103 cm³/mol. The molecule has 0 spiro atoms. The van der Waals surface area contributed by atoms with E-state index in [0.29, 0.717) is 19.3 Å². The van der Waals surface area contributed by atoms with Crippen molar-refractivity contribution >= 4 is 5.97 Å². The fourth-order valence-electron chi connectivity index (χ4n) is 3.57. The molecule has 0 amide bonds. The van der Waals surface area contributed by atoms with Gasteiger partial charge in [-0.15, -0.1) is 0 Å². The molecule has 0 aromatic heterocycles. The van der Waals surface area contributed by atoms with E-state index in [0.717, 1.165) is 38.5 Å². The summed E-state index contributed by atoms with van der Waals surface area (Å²) in [6.45, 7) is 2.13. The molecule has 5 nitrogen and oxygen atoms in total. The number of allylic oxidation sites excluding steroid dienone is 2. The van der Waals surface area contributed by atoms with E-state index >= 15 is 0 Å². The van der Waals surface area contributed by atoms with Gasteiger partial charge in [-0.2, -0.15) is 0 Å². The van der Waals surface area contributed by atoms with E-state index in [9.17, 15) is 20.1 Å². The summed E-state index contributed by atoms with van der Waals surface area (Å²) in [6.07, 6.45) is 13.6. The quantitative estimate of drug-likeness (QED) is 0.295. The molecular weight excluding hydrogens is 332 g/mol. The van der Waals surface area contributed by atoms with Crippen molar-refractivity contribution in [3.8, 4) is 0 Å². The van der Waals surface area contributed by atoms with Gasteiger partial charge in [0.1, 0.15) is 0 Å². The van der Waals surface area contributed by atoms with Crippen LogP contribution in [0.3, 0.4) is 0 Å². The highest BCUT2D eigenvalue weighted by Crippen LogP contribution is 2.36. The third-order valence-corrected chi connectivity index (χ3v) is 5.16. The van der Waals surface area contributed by atoms with E-state index in [1.165, 1.54) is 0 Å². The molecule has 0 aliphatic heterocycles. The number of unbranched alkanes of at least 4 members (excludes halogenated alkanes) is 4. The molecule has 26 heavy (non-hydrogen) atoms. The van der Waals surface area contributed by atoms with Crippen LogP contribution >= 0.6 is 0 Å². The highest BCUT2D eigenvalue weighted by atomic mass is 16.4. The zero-order chi connectivity index (χ0) is 19.4. The normalized spacial score (nSPS) is 27.5. The van der Waals surface area contributed by atoms with E-state index < -0.39 is 24.3 Å². The molecule has 0 aromatic carbocycles. The number of aliphatic hydroxyl groups excluding tert-OH is 3. The van der Waals surface area contributed by atoms with Crippen molar-refractivity contribution in [2.24, 2.45) is 11.8 Å². The fraction of sp³-hybridized carbons (Fsp3) is 0.762. The van der Waals surface area contributed by atoms with Gasteiger partial charge in [0.15, 0.2) is 0 Å². The Hall–Kier alpha value is -1.17. The third kappa shape index (κ3) is 8.97. The molecule has 0 unspecified atom stereocenters. The lowest BCUT2D eigenvalue weighted by atomic mass is 9.89. The maximum atomic E-state index is 10.5. The van der Waals surface area contributed by atoms with Crippen LogP contribution in [0.4, 0.5) is 0 Å². The van der Waals surface area contributed by atoms with Crippen LogP contribution < -0.4 is 0 Å². The number of carboxylic acids is 1. The molecule has 0 heterocycles. The van der Waals surface area contributed by atoms with E-state index in [1.807, 2.05) is 18.2 Å². The van der Waals surface area contributed by atoms with E-state index in [2.05, 4.69) is 6.92 Å². The van der Waals surface area contributed by atoms with Crippen LogP contribution in [-0.2, 0) is 4.79 Å². The van der Waals surface area contributed by atoms with Crippen molar-refractivity contribution in [2.75, 3.05) is 0 Å². The van der Waals surface area contributed by atoms with Gasteiger partial charge in [0, 0.05) is 18.8 Å². The second-order valence-corrected chi connectivity index (χ2v) is 7.41. The highest BCUT2D eigenvalue weighted by molar-refractivity contribution is 5.66. The lowest BCUT2D eigenvalue weighted by Crippen LogP contribution is -2.20. The first-order valence-electron chi connectivity index (χ1n) is 10.0. The van der Waals surface area contributed by atoms with Crippen molar-refractivity contribution in [1.82, 2.24) is 0 Å². The number of aliphatic carboxylic acids is 1. The molecule has 0 aromatic rings. The highest BCUT2D eigenvalue weighted by Gasteiger charge is 2.39. The minimum atomic E-state index is -0.761. The van der Waals surface area contributed by atoms with Crippen molar-refractivity contribution in [1.29, 1.82) is 0 Å². The van der Waals surface area contributed by atoms with Crippen LogP contribution in [0.25, 0.3) is 0 Å². The Labute approximate surface area is 157 Å². The van der Waals surface area contributed by atoms with Gasteiger partial charge >= 0.3 is 5.97 Å². The average Bonchev–Trinajstić information content (AvgIpc) is 2.85. The number of carboxylic acid groups (broad SMARTS) is 1. The zero-order valence-corrected chi connectivity index (χ0v) is 16.0. The van der Waals surface area contributed by atoms with Crippen molar-refractivity contribution in [3.63, 3.8) is 0 Å². The van der Waals surface area contributed by atoms with Crippen LogP contribution in [-0.4, -0.2) is 44.7 Å². The standard InChI is InChI=1S/C21H36O5/c1-2-3-7-10-16(22)13-14-18-17(19(23)15-20(18)24)11-8-5-4-6-9-12-21(25)26/h5,8,13-14,16-20,22-24H,2-4,6-7,9-12,15H2,1H3,(H,25,26)/b8-5-,14-13+/t16-,17+,18+,19-,20+/m0/s1. The molecule has 4 N–H and O–H groups in total. The second kappa shape index (κ2) is 13.1. The first kappa shape index (κ1) is 22.9. The van der Waals surface area contributed by atoms with Crippen LogP contribution in [0.1, 0.15) is 71.1 Å². The largest absolute Gasteiger partial charge is 0.481 e. The molecule has 5 atom stereocenters. The molecule has 1 saturated carbocycles. The third-order valence-electron chi connectivity index (χ3n) is 5.16. The molecule has 1 aliphatic rings. The Morgan fingerprint density at radius 2 is 1.88 bits per heavy atom. The molecule has 1 aliphatic carbocycles. The smallest absolute Gasteiger partial charge is 0.303 e. The van der Waals surface area contributed by atoms with E-state index in [1.54, 1.807) is 6.08 Å². The molecule has 0 bridgehead atoms. The molecule has 5 heteroatoms. The number of rotatable bonds is 13. The molecule has 0 saturated heterocycles. The first-order chi connectivity index (χ1) is 12.5. The SMILES string of the molecule is CCCCC[C@H](O)/C=C/[C@@H]1[C@@H](C/C=C\CCCCC(=O)O)[C@@H](O)C[C@H]1O. The molecule has 1 rings (SSSR count). The molecular formula is C21H36O5. The summed E-state index contributed by atoms with van der Waals surface area (Å²) in [5.74, 6) is -0.939. The summed E-state index contributed by atoms with van der Waals surface area (Å²) in [5.41, 5.74) is 0. The Kier molecular flexibility index (Phi) is 11.5. The lowest BCUT2D eigenvalue weighted by Gasteiger charge is -2.19. The average molecular weight is 369 g/mol. The lowest BCUT2D eigenvalue weighted by molar-refractivity contribution is -0.137. The van der Waals surface area contributed by atoms with Gasteiger partial charge in [0.2, 0.25) is 0 Å². The number of hydrogen-bond acceptors (Lipinski definition) is 4. The Bertz CT molecular complexity index is 446. The second-order valence-electron chi connectivity index (χ2n) is 7.41. The summed E-state index contributed by atoms with van der Waals surface area (Å²) in [6, 6.07) is 0. The number of hydrogen-bond donors (Lipinski definition) is 4. The van der Waals surface area contributed by atoms with Gasteiger partial charge in [0.25, 0.3) is 0 Å². The maximum Gasteiger partial charge on any atom is 0.303 e. The first-order valence-corrected chi connectivity index (χ1v) is 10.0. The number of carbonyl (C=O) groups is 1. The summed E-state index contributed by atoms with van der Waals surface area (Å²) in [4.78, 5) is 10.5. The molecule has 0 radical (unpaired) electrons. The topological polar surface area (TPSA) is 98.0 Å². The fourth-order valence-corrected chi connectivity index (χ4v) is 3.57. The van der Waals surface area contributed by atoms with Crippen LogP contribution in [0.2, 0.25) is 0 Å². The summed E-state index contributed by atoms with van der Waals surface area (Å²) < 4.78 is 0. The predicted octanol–water partition coefficient (Wildman–Crippen LogP) is 3.43. The minimum absolute atomic E-state index is 0.0423. The van der Waals surface area contributed by atoms with Crippen LogP contribution in [0.5, 0.6) is 0 Å². The molecule has 150 valence electrons. The van der Waals surface area contributed by atoms with Gasteiger partial charge in [-0.05, 0) is 38.0 Å². The Morgan fingerprint density at radius 3 is 2.58 bits per heavy atom. The van der Waals surface area contributed by atoms with Crippen LogP contribution in [0.15, 0.2) is 24.3 Å². The van der Waals surface area contributed by atoms with Gasteiger partial charge in [-0.3, -0.25) is 4.79 Å². The summed E-state index contributed by atoms with van der Waals surface area (Å²) in [5, 5.41) is 39.0. The Balaban J connectivity index is 2.42. The van der Waals surface area contributed by atoms with Crippen molar-refractivity contribution in [3.05, 3.63) is 24.3 Å². The summed E-state index contributed by atoms with van der Waals surface area (Å²) in [7, 11) is 0.